The number of aliphatic hydroxyl groups is 1. The Hall–Kier alpha value is -3.14. The average Bonchev–Trinajstić information content (AvgIpc) is 3.31. The lowest BCUT2D eigenvalue weighted by Crippen LogP contribution is -2.33. The predicted octanol–water partition coefficient (Wildman–Crippen LogP) is 2.61. The van der Waals surface area contributed by atoms with E-state index in [-0.39, 0.29) is 50.7 Å². The Morgan fingerprint density at radius 3 is 2.73 bits per heavy atom. The van der Waals surface area contributed by atoms with Crippen LogP contribution in [0.4, 0.5) is 4.39 Å². The van der Waals surface area contributed by atoms with Gasteiger partial charge in [0.2, 0.25) is 13.1 Å². The summed E-state index contributed by atoms with van der Waals surface area (Å²) in [6.45, 7) is 1.13. The van der Waals surface area contributed by atoms with E-state index in [1.54, 1.807) is 18.2 Å². The van der Waals surface area contributed by atoms with Gasteiger partial charge in [0, 0.05) is 18.9 Å². The van der Waals surface area contributed by atoms with E-state index in [0.29, 0.717) is 24.5 Å². The highest BCUT2D eigenvalue weighted by atomic mass is 19.1. The largest absolute Gasteiger partial charge is 0.459 e. The van der Waals surface area contributed by atoms with Crippen molar-refractivity contribution in [1.82, 2.24) is 5.32 Å². The van der Waals surface area contributed by atoms with Crippen LogP contribution in [0.2, 0.25) is 0 Å². The molecule has 0 unspecified atom stereocenters. The monoisotopic (exact) mass is 459 g/mol. The fraction of sp³-hybridized carbons (Fsp3) is 0.375. The van der Waals surface area contributed by atoms with Crippen molar-refractivity contribution in [1.29, 1.82) is 0 Å². The topological polar surface area (TPSA) is 95.5 Å². The first kappa shape index (κ1) is 23.0. The van der Waals surface area contributed by atoms with Gasteiger partial charge in [-0.25, -0.2) is 4.39 Å². The fourth-order valence-electron chi connectivity index (χ4n) is 3.57. The van der Waals surface area contributed by atoms with Crippen molar-refractivity contribution in [3.8, 4) is 11.5 Å². The Balaban J connectivity index is 1.45. The Kier molecular flexibility index (Phi) is 7.77. The molecule has 2 heterocycles. The van der Waals surface area contributed by atoms with Crippen LogP contribution in [0.25, 0.3) is 0 Å². The van der Waals surface area contributed by atoms with Gasteiger partial charge < -0.3 is 34.1 Å². The molecule has 2 N–H and O–H groups in total. The average molecular weight is 459 g/mol. The van der Waals surface area contributed by atoms with E-state index in [2.05, 4.69) is 5.32 Å². The highest BCUT2D eigenvalue weighted by Crippen LogP contribution is 2.38. The molecule has 2 atom stereocenters. The first-order chi connectivity index (χ1) is 16.1. The zero-order valence-corrected chi connectivity index (χ0v) is 18.0. The number of carbonyl (C=O) groups is 1. The molecular weight excluding hydrogens is 433 g/mol. The number of aliphatic hydroxyl groups excluding tert-OH is 1. The molecular formula is C24H26FNO7. The molecule has 1 amide bonds. The van der Waals surface area contributed by atoms with Gasteiger partial charge in [-0.3, -0.25) is 4.79 Å². The number of allylic oxidation sites excluding steroid dienone is 1. The molecule has 0 radical (unpaired) electrons. The van der Waals surface area contributed by atoms with Gasteiger partial charge in [-0.1, -0.05) is 18.2 Å². The summed E-state index contributed by atoms with van der Waals surface area (Å²) in [7, 11) is 0. The van der Waals surface area contributed by atoms with E-state index in [1.165, 1.54) is 12.1 Å². The van der Waals surface area contributed by atoms with Crippen LogP contribution >= 0.6 is 0 Å². The van der Waals surface area contributed by atoms with E-state index < -0.39 is 12.2 Å². The smallest absolute Gasteiger partial charge is 0.286 e. The maximum atomic E-state index is 13.1. The highest BCUT2D eigenvalue weighted by molar-refractivity contribution is 5.91. The number of rotatable bonds is 10. The van der Waals surface area contributed by atoms with Crippen LogP contribution in [0.1, 0.15) is 23.5 Å². The maximum absolute atomic E-state index is 13.1. The van der Waals surface area contributed by atoms with Crippen LogP contribution in [0.3, 0.4) is 0 Å². The molecule has 33 heavy (non-hydrogen) atoms. The molecule has 0 aromatic heterocycles. The quantitative estimate of drug-likeness (QED) is 0.528. The summed E-state index contributed by atoms with van der Waals surface area (Å²) in [6, 6.07) is 11.6. The SMILES string of the molecule is O=C(NCc1ccc(F)cc1)C1=C[C@H](c2ccc3c(c2)OCO3)C[C@H](OCCOCCO)O1. The van der Waals surface area contributed by atoms with Gasteiger partial charge in [-0.15, -0.1) is 0 Å². The summed E-state index contributed by atoms with van der Waals surface area (Å²) in [5.41, 5.74) is 1.71. The van der Waals surface area contributed by atoms with Crippen LogP contribution in [0.5, 0.6) is 11.5 Å². The number of nitrogens with one attached hydrogen (secondary N) is 1. The lowest BCUT2D eigenvalue weighted by molar-refractivity contribution is -0.151. The molecule has 0 bridgehead atoms. The van der Waals surface area contributed by atoms with Crippen LogP contribution in [0, 0.1) is 5.82 Å². The number of benzene rings is 2. The first-order valence-electron chi connectivity index (χ1n) is 10.7. The molecule has 9 heteroatoms. The van der Waals surface area contributed by atoms with Crippen molar-refractivity contribution in [3.05, 3.63) is 71.2 Å². The normalized spacial score (nSPS) is 19.0. The molecule has 2 aliphatic heterocycles. The minimum atomic E-state index is -0.658. The summed E-state index contributed by atoms with van der Waals surface area (Å²) < 4.78 is 40.8. The van der Waals surface area contributed by atoms with Crippen LogP contribution in [-0.4, -0.2) is 50.5 Å². The number of fused-ring (bicyclic) bond motifs is 1. The number of halogens is 1. The van der Waals surface area contributed by atoms with E-state index in [0.717, 1.165) is 11.1 Å². The molecule has 2 aliphatic rings. The molecule has 0 fully saturated rings. The Bertz CT molecular complexity index is 979. The summed E-state index contributed by atoms with van der Waals surface area (Å²) in [4.78, 5) is 12.8. The second-order valence-corrected chi connectivity index (χ2v) is 7.55. The van der Waals surface area contributed by atoms with Crippen molar-refractivity contribution >= 4 is 5.91 Å². The molecule has 0 saturated carbocycles. The van der Waals surface area contributed by atoms with E-state index in [1.807, 2.05) is 18.2 Å². The van der Waals surface area contributed by atoms with Gasteiger partial charge >= 0.3 is 0 Å². The second kappa shape index (κ2) is 11.1. The zero-order chi connectivity index (χ0) is 23.0. The van der Waals surface area contributed by atoms with Crippen LogP contribution in [0.15, 0.2) is 54.3 Å². The minimum Gasteiger partial charge on any atom is -0.459 e. The van der Waals surface area contributed by atoms with Gasteiger partial charge in [0.25, 0.3) is 5.91 Å². The number of hydrogen-bond acceptors (Lipinski definition) is 7. The summed E-state index contributed by atoms with van der Waals surface area (Å²) in [5, 5.41) is 11.6. The molecule has 2 aromatic rings. The molecule has 0 spiro atoms. The summed E-state index contributed by atoms with van der Waals surface area (Å²) in [5.74, 6) is 0.605. The fourth-order valence-corrected chi connectivity index (χ4v) is 3.57. The number of ether oxygens (including phenoxy) is 5. The second-order valence-electron chi connectivity index (χ2n) is 7.55. The summed E-state index contributed by atoms with van der Waals surface area (Å²) >= 11 is 0. The van der Waals surface area contributed by atoms with Crippen molar-refractivity contribution in [2.45, 2.75) is 25.2 Å². The van der Waals surface area contributed by atoms with E-state index in [9.17, 15) is 9.18 Å². The third-order valence-electron chi connectivity index (χ3n) is 5.24. The van der Waals surface area contributed by atoms with Gasteiger partial charge in [0.1, 0.15) is 5.82 Å². The molecule has 8 nitrogen and oxygen atoms in total. The van der Waals surface area contributed by atoms with Gasteiger partial charge in [0.05, 0.1) is 26.4 Å². The molecule has 0 aliphatic carbocycles. The van der Waals surface area contributed by atoms with Crippen molar-refractivity contribution in [2.24, 2.45) is 0 Å². The summed E-state index contributed by atoms with van der Waals surface area (Å²) in [6.07, 6.45) is 1.60. The lowest BCUT2D eigenvalue weighted by Gasteiger charge is -2.29. The predicted molar refractivity (Wildman–Crippen MR) is 115 cm³/mol. The third kappa shape index (κ3) is 6.22. The van der Waals surface area contributed by atoms with Gasteiger partial charge in [0.15, 0.2) is 17.3 Å². The van der Waals surface area contributed by atoms with Crippen molar-refractivity contribution < 1.29 is 38.0 Å². The van der Waals surface area contributed by atoms with Crippen molar-refractivity contribution in [2.75, 3.05) is 33.2 Å². The van der Waals surface area contributed by atoms with Crippen LogP contribution < -0.4 is 14.8 Å². The molecule has 2 aromatic carbocycles. The standard InChI is InChI=1S/C24H26FNO7/c25-19-4-1-16(2-5-19)14-26-24(28)22-12-18(13-23(33-22)30-10-9-29-8-7-27)17-3-6-20-21(11-17)32-15-31-20/h1-6,11-12,18,23,27H,7-10,13-15H2,(H,26,28)/t18-,23+/m0/s1. The molecule has 0 saturated heterocycles. The van der Waals surface area contributed by atoms with E-state index in [4.69, 9.17) is 28.8 Å². The third-order valence-corrected chi connectivity index (χ3v) is 5.24. The minimum absolute atomic E-state index is 0.0623. The van der Waals surface area contributed by atoms with Gasteiger partial charge in [-0.05, 0) is 41.5 Å². The lowest BCUT2D eigenvalue weighted by atomic mass is 9.92. The van der Waals surface area contributed by atoms with Gasteiger partial charge in [-0.2, -0.15) is 0 Å². The van der Waals surface area contributed by atoms with E-state index >= 15 is 0 Å². The number of hydrogen-bond donors (Lipinski definition) is 2. The van der Waals surface area contributed by atoms with Crippen LogP contribution in [-0.2, 0) is 25.5 Å². The Morgan fingerprint density at radius 2 is 1.91 bits per heavy atom. The Labute approximate surface area is 190 Å². The maximum Gasteiger partial charge on any atom is 0.286 e. The first-order valence-corrected chi connectivity index (χ1v) is 10.7. The molecule has 4 rings (SSSR count). The Morgan fingerprint density at radius 1 is 1.09 bits per heavy atom. The zero-order valence-electron chi connectivity index (χ0n) is 18.0. The molecule has 176 valence electrons. The number of carbonyl (C=O) groups excluding carboxylic acids is 1. The van der Waals surface area contributed by atoms with Crippen molar-refractivity contribution in [3.63, 3.8) is 0 Å². The number of amides is 1. The highest BCUT2D eigenvalue weighted by Gasteiger charge is 2.29.